The van der Waals surface area contributed by atoms with Crippen LogP contribution >= 0.6 is 0 Å². The molecule has 0 saturated heterocycles. The number of carbonyl (C=O) groups excluding carboxylic acids is 2. The first-order valence-corrected chi connectivity index (χ1v) is 24.2. The smallest absolute Gasteiger partial charge is 0.306 e. The molecule has 0 aromatic carbocycles. The SMILES string of the molecule is CC/C=C\C/C=C\C/C=C\C/C=C\C/C=C\CCCC(=O)OC(CCC/C=C\CCCCCCCCC)CC(=O)NC(CO)C(O)CCCCCCCCCCCC. The van der Waals surface area contributed by atoms with Gasteiger partial charge in [0.15, 0.2) is 0 Å². The van der Waals surface area contributed by atoms with Crippen LogP contribution < -0.4 is 5.32 Å². The number of hydrogen-bond acceptors (Lipinski definition) is 5. The Morgan fingerprint density at radius 2 is 0.948 bits per heavy atom. The van der Waals surface area contributed by atoms with E-state index in [1.54, 1.807) is 0 Å². The zero-order valence-corrected chi connectivity index (χ0v) is 37.9. The highest BCUT2D eigenvalue weighted by atomic mass is 16.5. The van der Waals surface area contributed by atoms with E-state index in [1.165, 1.54) is 89.9 Å². The van der Waals surface area contributed by atoms with E-state index in [4.69, 9.17) is 4.74 Å². The maximum absolute atomic E-state index is 13.1. The minimum atomic E-state index is -0.804. The Morgan fingerprint density at radius 3 is 1.47 bits per heavy atom. The third-order valence-corrected chi connectivity index (χ3v) is 10.5. The van der Waals surface area contributed by atoms with Crippen molar-refractivity contribution in [3.8, 4) is 0 Å². The number of rotatable bonds is 42. The first kappa shape index (κ1) is 55.3. The van der Waals surface area contributed by atoms with Crippen LogP contribution in [0.5, 0.6) is 0 Å². The molecule has 3 N–H and O–H groups in total. The highest BCUT2D eigenvalue weighted by molar-refractivity contribution is 5.77. The van der Waals surface area contributed by atoms with Gasteiger partial charge in [-0.2, -0.15) is 0 Å². The average molecular weight is 810 g/mol. The molecule has 334 valence electrons. The average Bonchev–Trinajstić information content (AvgIpc) is 3.22. The van der Waals surface area contributed by atoms with Crippen molar-refractivity contribution in [3.63, 3.8) is 0 Å². The van der Waals surface area contributed by atoms with E-state index >= 15 is 0 Å². The van der Waals surface area contributed by atoms with Gasteiger partial charge in [-0.3, -0.25) is 9.59 Å². The maximum Gasteiger partial charge on any atom is 0.306 e. The lowest BCUT2D eigenvalue weighted by Crippen LogP contribution is -2.46. The number of ether oxygens (including phenoxy) is 1. The summed E-state index contributed by atoms with van der Waals surface area (Å²) in [4.78, 5) is 26.0. The van der Waals surface area contributed by atoms with Crippen LogP contribution in [0, 0.1) is 0 Å². The van der Waals surface area contributed by atoms with Crippen LogP contribution in [0.4, 0.5) is 0 Å². The molecule has 1 amide bonds. The van der Waals surface area contributed by atoms with Gasteiger partial charge in [-0.05, 0) is 83.5 Å². The summed E-state index contributed by atoms with van der Waals surface area (Å²) in [6.45, 7) is 6.32. The van der Waals surface area contributed by atoms with Crippen molar-refractivity contribution in [2.75, 3.05) is 6.61 Å². The number of esters is 1. The van der Waals surface area contributed by atoms with E-state index in [9.17, 15) is 19.8 Å². The lowest BCUT2D eigenvalue weighted by atomic mass is 10.0. The number of nitrogens with one attached hydrogen (secondary N) is 1. The molecule has 3 unspecified atom stereocenters. The van der Waals surface area contributed by atoms with Gasteiger partial charge in [0.2, 0.25) is 5.91 Å². The fourth-order valence-electron chi connectivity index (χ4n) is 6.88. The highest BCUT2D eigenvalue weighted by Crippen LogP contribution is 2.16. The van der Waals surface area contributed by atoms with Crippen molar-refractivity contribution in [1.29, 1.82) is 0 Å². The zero-order valence-electron chi connectivity index (χ0n) is 37.9. The minimum Gasteiger partial charge on any atom is -0.462 e. The second-order valence-corrected chi connectivity index (χ2v) is 16.1. The van der Waals surface area contributed by atoms with Crippen molar-refractivity contribution in [1.82, 2.24) is 5.32 Å². The van der Waals surface area contributed by atoms with E-state index in [-0.39, 0.29) is 24.9 Å². The lowest BCUT2D eigenvalue weighted by molar-refractivity contribution is -0.151. The van der Waals surface area contributed by atoms with Gasteiger partial charge in [-0.15, -0.1) is 0 Å². The molecule has 0 rings (SSSR count). The Bertz CT molecular complexity index is 1090. The predicted molar refractivity (Wildman–Crippen MR) is 250 cm³/mol. The van der Waals surface area contributed by atoms with Crippen LogP contribution in [-0.2, 0) is 14.3 Å². The zero-order chi connectivity index (χ0) is 42.4. The van der Waals surface area contributed by atoms with Crippen molar-refractivity contribution >= 4 is 11.9 Å². The first-order chi connectivity index (χ1) is 28.5. The van der Waals surface area contributed by atoms with Gasteiger partial charge < -0.3 is 20.3 Å². The van der Waals surface area contributed by atoms with Crippen LogP contribution in [0.15, 0.2) is 72.9 Å². The molecule has 0 heterocycles. The quantitative estimate of drug-likeness (QED) is 0.0324. The van der Waals surface area contributed by atoms with Crippen LogP contribution in [0.1, 0.15) is 220 Å². The van der Waals surface area contributed by atoms with Crippen molar-refractivity contribution in [3.05, 3.63) is 72.9 Å². The molecule has 0 fully saturated rings. The number of allylic oxidation sites excluding steroid dienone is 12. The summed E-state index contributed by atoms with van der Waals surface area (Å²) >= 11 is 0. The molecule has 0 aliphatic heterocycles. The molecule has 0 spiro atoms. The summed E-state index contributed by atoms with van der Waals surface area (Å²) in [6, 6.07) is -0.722. The van der Waals surface area contributed by atoms with Crippen LogP contribution in [0.2, 0.25) is 0 Å². The minimum absolute atomic E-state index is 0.0315. The molecule has 6 heteroatoms. The van der Waals surface area contributed by atoms with Crippen LogP contribution in [-0.4, -0.2) is 46.9 Å². The Morgan fingerprint density at radius 1 is 0.517 bits per heavy atom. The number of aliphatic hydroxyl groups excluding tert-OH is 2. The number of amides is 1. The summed E-state index contributed by atoms with van der Waals surface area (Å²) in [7, 11) is 0. The van der Waals surface area contributed by atoms with Gasteiger partial charge in [0, 0.05) is 6.42 Å². The standard InChI is InChI=1S/C52H91NO5/c1-4-7-10-13-16-19-22-24-25-26-27-28-30-33-36-39-42-45-52(57)58-48(43-40-37-34-31-29-23-20-17-14-11-8-5-2)46-51(56)53-49(47-54)50(55)44-41-38-35-32-21-18-15-12-9-6-3/h7,10,16,19,24-25,27-28,31,33-34,36,48-50,54-55H,4-6,8-9,11-15,17-18,20-23,26,29-30,32,35,37-47H2,1-3H3,(H,53,56)/b10-7-,19-16-,25-24-,28-27-,34-31-,36-33-. The summed E-state index contributed by atoms with van der Waals surface area (Å²) in [5.41, 5.74) is 0. The maximum atomic E-state index is 13.1. The fourth-order valence-corrected chi connectivity index (χ4v) is 6.88. The number of aliphatic hydroxyl groups is 2. The van der Waals surface area contributed by atoms with Crippen LogP contribution in [0.3, 0.4) is 0 Å². The Hall–Kier alpha value is -2.70. The van der Waals surface area contributed by atoms with Gasteiger partial charge in [-0.1, -0.05) is 196 Å². The molecule has 58 heavy (non-hydrogen) atoms. The van der Waals surface area contributed by atoms with Gasteiger partial charge in [-0.25, -0.2) is 0 Å². The molecule has 0 bridgehead atoms. The molecule has 0 aliphatic carbocycles. The Kier molecular flexibility index (Phi) is 43.3. The van der Waals surface area contributed by atoms with Gasteiger partial charge in [0.1, 0.15) is 6.10 Å². The topological polar surface area (TPSA) is 95.9 Å². The van der Waals surface area contributed by atoms with Crippen molar-refractivity contribution in [2.45, 2.75) is 238 Å². The molecule has 3 atom stereocenters. The first-order valence-electron chi connectivity index (χ1n) is 24.2. The van der Waals surface area contributed by atoms with Gasteiger partial charge >= 0.3 is 5.97 Å². The molecule has 0 aliphatic rings. The van der Waals surface area contributed by atoms with E-state index < -0.39 is 18.2 Å². The second kappa shape index (κ2) is 45.4. The van der Waals surface area contributed by atoms with E-state index in [2.05, 4.69) is 99.0 Å². The van der Waals surface area contributed by atoms with E-state index in [0.717, 1.165) is 77.0 Å². The Balaban J connectivity index is 4.71. The monoisotopic (exact) mass is 810 g/mol. The van der Waals surface area contributed by atoms with Crippen molar-refractivity contribution in [2.24, 2.45) is 0 Å². The molecule has 0 aromatic heterocycles. The molecule has 6 nitrogen and oxygen atoms in total. The number of hydrogen-bond donors (Lipinski definition) is 3. The van der Waals surface area contributed by atoms with E-state index in [0.29, 0.717) is 25.7 Å². The third-order valence-electron chi connectivity index (χ3n) is 10.5. The number of unbranched alkanes of at least 4 members (excludes halogenated alkanes) is 18. The summed E-state index contributed by atoms with van der Waals surface area (Å²) in [5.74, 6) is -0.577. The lowest BCUT2D eigenvalue weighted by Gasteiger charge is -2.24. The highest BCUT2D eigenvalue weighted by Gasteiger charge is 2.24. The summed E-state index contributed by atoms with van der Waals surface area (Å²) < 4.78 is 5.87. The van der Waals surface area contributed by atoms with Gasteiger partial charge in [0.25, 0.3) is 0 Å². The van der Waals surface area contributed by atoms with Crippen LogP contribution in [0.25, 0.3) is 0 Å². The molecular weight excluding hydrogens is 719 g/mol. The Labute approximate surface area is 358 Å². The molecule has 0 radical (unpaired) electrons. The molecular formula is C52H91NO5. The number of carbonyl (C=O) groups is 2. The molecule has 0 aromatic rings. The largest absolute Gasteiger partial charge is 0.462 e. The summed E-state index contributed by atoms with van der Waals surface area (Å²) in [6.07, 6.45) is 56.8. The molecule has 0 saturated carbocycles. The van der Waals surface area contributed by atoms with Gasteiger partial charge in [0.05, 0.1) is 25.2 Å². The summed E-state index contributed by atoms with van der Waals surface area (Å²) in [5, 5.41) is 23.6. The fraction of sp³-hybridized carbons (Fsp3) is 0.731. The second-order valence-electron chi connectivity index (χ2n) is 16.1. The van der Waals surface area contributed by atoms with E-state index in [1.807, 2.05) is 0 Å². The third kappa shape index (κ3) is 40.1. The normalized spacial score (nSPS) is 13.9. The van der Waals surface area contributed by atoms with Crippen molar-refractivity contribution < 1.29 is 24.5 Å². The predicted octanol–water partition coefficient (Wildman–Crippen LogP) is 14.2.